The second-order valence-corrected chi connectivity index (χ2v) is 5.22. The quantitative estimate of drug-likeness (QED) is 0.647. The van der Waals surface area contributed by atoms with Crippen LogP contribution in [0.1, 0.15) is 5.56 Å². The monoisotopic (exact) mass is 310 g/mol. The summed E-state index contributed by atoms with van der Waals surface area (Å²) in [5.41, 5.74) is 2.81. The normalized spacial score (nSPS) is 12.4. The highest BCUT2D eigenvalue weighted by Crippen LogP contribution is 2.20. The molecule has 2 aromatic rings. The zero-order valence-corrected chi connectivity index (χ0v) is 11.2. The Morgan fingerprint density at radius 2 is 1.76 bits per heavy atom. The van der Waals surface area contributed by atoms with E-state index in [-0.39, 0.29) is 5.75 Å². The summed E-state index contributed by atoms with van der Waals surface area (Å²) in [6.45, 7) is 0. The van der Waals surface area contributed by atoms with Gasteiger partial charge in [-0.1, -0.05) is 41.4 Å². The van der Waals surface area contributed by atoms with E-state index in [2.05, 4.69) is 20.9 Å². The lowest BCUT2D eigenvalue weighted by Crippen LogP contribution is -1.92. The predicted molar refractivity (Wildman–Crippen MR) is 70.0 cm³/mol. The molecule has 88 valence electrons. The van der Waals surface area contributed by atoms with Gasteiger partial charge in [0.2, 0.25) is 0 Å². The topological polar surface area (TPSA) is 53.0 Å². The first-order chi connectivity index (χ1) is 8.15. The largest absolute Gasteiger partial charge is 0.772 e. The summed E-state index contributed by atoms with van der Waals surface area (Å²) in [7, 11) is 0. The molecule has 1 unspecified atom stereocenters. The van der Waals surface area contributed by atoms with E-state index in [1.807, 2.05) is 36.4 Å². The van der Waals surface area contributed by atoms with Crippen molar-refractivity contribution in [3.05, 3.63) is 52.8 Å². The van der Waals surface area contributed by atoms with Crippen LogP contribution in [0.5, 0.6) is 0 Å². The van der Waals surface area contributed by atoms with Gasteiger partial charge < -0.3 is 4.55 Å². The second-order valence-electron chi connectivity index (χ2n) is 3.51. The van der Waals surface area contributed by atoms with Crippen molar-refractivity contribution in [3.8, 4) is 11.1 Å². The maximum absolute atomic E-state index is 10.5. The number of nitrogens with zero attached hydrogens (tertiary/aromatic N) is 1. The van der Waals surface area contributed by atoms with E-state index in [4.69, 9.17) is 0 Å². The fourth-order valence-electron chi connectivity index (χ4n) is 1.48. The van der Waals surface area contributed by atoms with Crippen molar-refractivity contribution in [2.24, 2.45) is 0 Å². The number of hydrogen-bond acceptors (Lipinski definition) is 3. The first kappa shape index (κ1) is 12.4. The summed E-state index contributed by atoms with van der Waals surface area (Å²) in [6, 6.07) is 11.2. The van der Waals surface area contributed by atoms with Crippen LogP contribution in [0.2, 0.25) is 0 Å². The maximum Gasteiger partial charge on any atom is 0.106 e. The summed E-state index contributed by atoms with van der Waals surface area (Å²) >= 11 is 1.24. The minimum Gasteiger partial charge on any atom is -0.772 e. The number of rotatable bonds is 3. The third-order valence-corrected chi connectivity index (χ3v) is 3.34. The second kappa shape index (κ2) is 5.53. The number of halogens is 1. The molecular formula is C12H9BrNO2S-. The van der Waals surface area contributed by atoms with Gasteiger partial charge >= 0.3 is 0 Å². The molecule has 0 amide bonds. The standard InChI is InChI=1S/C12H10BrNO2S/c13-12-6-5-11(7-14-12)10-3-1-9(2-4-10)8-17(15)16/h1-7H,8H2,(H,15,16)/p-1. The number of pyridine rings is 1. The molecule has 0 saturated carbocycles. The Bertz CT molecular complexity index is 525. The van der Waals surface area contributed by atoms with Crippen molar-refractivity contribution in [1.82, 2.24) is 4.98 Å². The average molecular weight is 311 g/mol. The fraction of sp³-hybridized carbons (Fsp3) is 0.0833. The van der Waals surface area contributed by atoms with Crippen molar-refractivity contribution in [2.75, 3.05) is 0 Å². The van der Waals surface area contributed by atoms with Crippen LogP contribution in [0.25, 0.3) is 11.1 Å². The number of benzene rings is 1. The molecule has 0 bridgehead atoms. The van der Waals surface area contributed by atoms with Gasteiger partial charge in [0.25, 0.3) is 0 Å². The smallest absolute Gasteiger partial charge is 0.106 e. The molecule has 1 heterocycles. The average Bonchev–Trinajstić information content (AvgIpc) is 2.30. The fourth-order valence-corrected chi connectivity index (χ4v) is 2.18. The van der Waals surface area contributed by atoms with Crippen LogP contribution in [0, 0.1) is 0 Å². The van der Waals surface area contributed by atoms with Crippen molar-refractivity contribution >= 4 is 27.0 Å². The lowest BCUT2D eigenvalue weighted by molar-refractivity contribution is 0.536. The van der Waals surface area contributed by atoms with Crippen molar-refractivity contribution in [2.45, 2.75) is 5.75 Å². The predicted octanol–water partition coefficient (Wildman–Crippen LogP) is 2.89. The van der Waals surface area contributed by atoms with E-state index >= 15 is 0 Å². The van der Waals surface area contributed by atoms with Crippen LogP contribution >= 0.6 is 15.9 Å². The Balaban J connectivity index is 2.23. The van der Waals surface area contributed by atoms with Gasteiger partial charge in [0, 0.05) is 17.5 Å². The van der Waals surface area contributed by atoms with Gasteiger partial charge in [-0.2, -0.15) is 0 Å². The maximum atomic E-state index is 10.5. The molecule has 3 nitrogen and oxygen atoms in total. The van der Waals surface area contributed by atoms with Gasteiger partial charge in [-0.15, -0.1) is 0 Å². The van der Waals surface area contributed by atoms with Gasteiger partial charge in [-0.25, -0.2) is 4.98 Å². The molecule has 1 aromatic heterocycles. The molecule has 0 aliphatic heterocycles. The molecule has 0 aliphatic carbocycles. The third-order valence-electron chi connectivity index (χ3n) is 2.30. The lowest BCUT2D eigenvalue weighted by Gasteiger charge is -2.06. The van der Waals surface area contributed by atoms with Crippen molar-refractivity contribution < 1.29 is 8.76 Å². The molecule has 0 fully saturated rings. The first-order valence-corrected chi connectivity index (χ1v) is 6.95. The van der Waals surface area contributed by atoms with Crippen LogP contribution in [0.15, 0.2) is 47.2 Å². The van der Waals surface area contributed by atoms with Crippen molar-refractivity contribution in [3.63, 3.8) is 0 Å². The summed E-state index contributed by atoms with van der Waals surface area (Å²) in [4.78, 5) is 4.14. The first-order valence-electron chi connectivity index (χ1n) is 4.92. The molecule has 0 radical (unpaired) electrons. The summed E-state index contributed by atoms with van der Waals surface area (Å²) in [6.07, 6.45) is 1.77. The Morgan fingerprint density at radius 3 is 2.29 bits per heavy atom. The molecule has 1 atom stereocenters. The minimum absolute atomic E-state index is 0.0544. The molecule has 0 spiro atoms. The Morgan fingerprint density at radius 1 is 1.12 bits per heavy atom. The molecule has 5 heteroatoms. The molecule has 0 N–H and O–H groups in total. The van der Waals surface area contributed by atoms with Crippen molar-refractivity contribution in [1.29, 1.82) is 0 Å². The van der Waals surface area contributed by atoms with E-state index in [1.165, 1.54) is 0 Å². The van der Waals surface area contributed by atoms with Crippen LogP contribution in [-0.2, 0) is 16.8 Å². The Kier molecular flexibility index (Phi) is 4.04. The van der Waals surface area contributed by atoms with E-state index in [9.17, 15) is 8.76 Å². The zero-order valence-electron chi connectivity index (χ0n) is 8.80. The molecular weight excluding hydrogens is 302 g/mol. The van der Waals surface area contributed by atoms with Crippen LogP contribution in [0.3, 0.4) is 0 Å². The van der Waals surface area contributed by atoms with Crippen LogP contribution < -0.4 is 0 Å². The van der Waals surface area contributed by atoms with Gasteiger partial charge in [0.15, 0.2) is 0 Å². The Hall–Kier alpha value is -1.04. The van der Waals surface area contributed by atoms with Gasteiger partial charge in [0.1, 0.15) is 4.60 Å². The number of aromatic nitrogens is 1. The lowest BCUT2D eigenvalue weighted by atomic mass is 10.1. The summed E-state index contributed by atoms with van der Waals surface area (Å²) < 4.78 is 21.9. The third kappa shape index (κ3) is 3.46. The van der Waals surface area contributed by atoms with Gasteiger partial charge in [-0.3, -0.25) is 4.21 Å². The molecule has 0 saturated heterocycles. The molecule has 0 aliphatic rings. The van der Waals surface area contributed by atoms with Gasteiger partial charge in [0.05, 0.1) is 0 Å². The summed E-state index contributed by atoms with van der Waals surface area (Å²) in [5, 5.41) is 0. The minimum atomic E-state index is -2.04. The van der Waals surface area contributed by atoms with E-state index in [1.54, 1.807) is 6.20 Å². The van der Waals surface area contributed by atoms with E-state index < -0.39 is 11.1 Å². The highest BCUT2D eigenvalue weighted by atomic mass is 79.9. The Labute approximate surface area is 110 Å². The SMILES string of the molecule is O=S([O-])Cc1ccc(-c2ccc(Br)nc2)cc1. The highest BCUT2D eigenvalue weighted by molar-refractivity contribution is 9.10. The molecule has 17 heavy (non-hydrogen) atoms. The van der Waals surface area contributed by atoms with Crippen LogP contribution in [-0.4, -0.2) is 13.7 Å². The molecule has 2 rings (SSSR count). The number of hydrogen-bond donors (Lipinski definition) is 0. The van der Waals surface area contributed by atoms with Crippen LogP contribution in [0.4, 0.5) is 0 Å². The van der Waals surface area contributed by atoms with E-state index in [0.717, 1.165) is 21.3 Å². The zero-order chi connectivity index (χ0) is 12.3. The van der Waals surface area contributed by atoms with Gasteiger partial charge in [-0.05, 0) is 33.1 Å². The highest BCUT2D eigenvalue weighted by Gasteiger charge is 1.99. The molecule has 1 aromatic carbocycles. The summed E-state index contributed by atoms with van der Waals surface area (Å²) in [5.74, 6) is 0.0544. The van der Waals surface area contributed by atoms with E-state index in [0.29, 0.717) is 0 Å².